The normalized spacial score (nSPS) is 13.6. The van der Waals surface area contributed by atoms with Gasteiger partial charge in [-0.3, -0.25) is 0 Å². The molecule has 1 aromatic rings. The molecular weight excluding hydrogens is 308 g/mol. The fraction of sp³-hybridized carbons (Fsp3) is 0.600. The standard InChI is InChI=1S/C15H25ClN2O2S/c1-4-6-9-18(12(3)5-2)21(19,20)15-10-13(11-17)7-8-14(15)16/h7-8,10,12H,4-6,9,11,17H2,1-3H3. The molecule has 0 aliphatic rings. The number of sulfonamides is 1. The topological polar surface area (TPSA) is 63.4 Å². The van der Waals surface area contributed by atoms with Gasteiger partial charge in [0.2, 0.25) is 10.0 Å². The van der Waals surface area contributed by atoms with Crippen molar-refractivity contribution in [3.63, 3.8) is 0 Å². The van der Waals surface area contributed by atoms with Gasteiger partial charge in [-0.15, -0.1) is 0 Å². The van der Waals surface area contributed by atoms with Crippen molar-refractivity contribution in [2.45, 2.75) is 57.5 Å². The molecular formula is C15H25ClN2O2S. The van der Waals surface area contributed by atoms with Crippen molar-refractivity contribution in [1.82, 2.24) is 4.31 Å². The van der Waals surface area contributed by atoms with Crippen LogP contribution in [-0.2, 0) is 16.6 Å². The van der Waals surface area contributed by atoms with Crippen LogP contribution in [0.1, 0.15) is 45.6 Å². The van der Waals surface area contributed by atoms with E-state index < -0.39 is 10.0 Å². The number of rotatable bonds is 8. The lowest BCUT2D eigenvalue weighted by atomic mass is 10.2. The zero-order valence-electron chi connectivity index (χ0n) is 13.0. The Kier molecular flexibility index (Phi) is 7.13. The van der Waals surface area contributed by atoms with Crippen LogP contribution in [0.5, 0.6) is 0 Å². The lowest BCUT2D eigenvalue weighted by Crippen LogP contribution is -2.39. The summed E-state index contributed by atoms with van der Waals surface area (Å²) in [5.74, 6) is 0. The number of unbranched alkanes of at least 4 members (excludes halogenated alkanes) is 1. The predicted octanol–water partition coefficient (Wildman–Crippen LogP) is 3.39. The molecule has 1 atom stereocenters. The van der Waals surface area contributed by atoms with Crippen LogP contribution in [0.4, 0.5) is 0 Å². The summed E-state index contributed by atoms with van der Waals surface area (Å²) in [6, 6.07) is 4.88. The summed E-state index contributed by atoms with van der Waals surface area (Å²) in [6.07, 6.45) is 2.54. The van der Waals surface area contributed by atoms with Crippen molar-refractivity contribution >= 4 is 21.6 Å². The maximum absolute atomic E-state index is 12.9. The third kappa shape index (κ3) is 4.42. The predicted molar refractivity (Wildman–Crippen MR) is 87.9 cm³/mol. The Morgan fingerprint density at radius 2 is 2.00 bits per heavy atom. The fourth-order valence-corrected chi connectivity index (χ4v) is 4.36. The summed E-state index contributed by atoms with van der Waals surface area (Å²) >= 11 is 6.12. The summed E-state index contributed by atoms with van der Waals surface area (Å²) < 4.78 is 27.4. The lowest BCUT2D eigenvalue weighted by molar-refractivity contribution is 0.324. The van der Waals surface area contributed by atoms with Crippen molar-refractivity contribution in [2.75, 3.05) is 6.54 Å². The van der Waals surface area contributed by atoms with Gasteiger partial charge in [0.15, 0.2) is 0 Å². The molecule has 120 valence electrons. The van der Waals surface area contributed by atoms with Gasteiger partial charge in [0, 0.05) is 19.1 Å². The largest absolute Gasteiger partial charge is 0.326 e. The van der Waals surface area contributed by atoms with Gasteiger partial charge in [0.25, 0.3) is 0 Å². The highest BCUT2D eigenvalue weighted by Crippen LogP contribution is 2.28. The van der Waals surface area contributed by atoms with Crippen LogP contribution in [-0.4, -0.2) is 25.3 Å². The minimum Gasteiger partial charge on any atom is -0.326 e. The van der Waals surface area contributed by atoms with E-state index in [0.29, 0.717) is 6.54 Å². The van der Waals surface area contributed by atoms with E-state index in [2.05, 4.69) is 0 Å². The van der Waals surface area contributed by atoms with E-state index in [1.54, 1.807) is 22.5 Å². The molecule has 0 aliphatic carbocycles. The third-order valence-electron chi connectivity index (χ3n) is 3.63. The van der Waals surface area contributed by atoms with Crippen molar-refractivity contribution in [2.24, 2.45) is 5.73 Å². The minimum atomic E-state index is -3.60. The minimum absolute atomic E-state index is 0.0563. The molecule has 0 aliphatic heterocycles. The molecule has 0 radical (unpaired) electrons. The van der Waals surface area contributed by atoms with E-state index in [-0.39, 0.29) is 22.5 Å². The van der Waals surface area contributed by atoms with Crippen LogP contribution < -0.4 is 5.73 Å². The summed E-state index contributed by atoms with van der Waals surface area (Å²) in [5, 5.41) is 0.247. The Bertz CT molecular complexity index is 561. The number of nitrogens with two attached hydrogens (primary N) is 1. The molecule has 0 saturated heterocycles. The van der Waals surface area contributed by atoms with Crippen LogP contribution in [0, 0.1) is 0 Å². The highest BCUT2D eigenvalue weighted by Gasteiger charge is 2.29. The second kappa shape index (κ2) is 8.13. The third-order valence-corrected chi connectivity index (χ3v) is 6.13. The summed E-state index contributed by atoms with van der Waals surface area (Å²) in [5.41, 5.74) is 6.36. The lowest BCUT2D eigenvalue weighted by Gasteiger charge is -2.28. The molecule has 4 nitrogen and oxygen atoms in total. The quantitative estimate of drug-likeness (QED) is 0.793. The number of halogens is 1. The monoisotopic (exact) mass is 332 g/mol. The smallest absolute Gasteiger partial charge is 0.244 e. The molecule has 1 unspecified atom stereocenters. The van der Waals surface area contributed by atoms with Gasteiger partial charge in [-0.1, -0.05) is 37.9 Å². The SMILES string of the molecule is CCCCN(C(C)CC)S(=O)(=O)c1cc(CN)ccc1Cl. The van der Waals surface area contributed by atoms with Gasteiger partial charge in [-0.2, -0.15) is 4.31 Å². The van der Waals surface area contributed by atoms with Gasteiger partial charge < -0.3 is 5.73 Å². The summed E-state index contributed by atoms with van der Waals surface area (Å²) in [6.45, 7) is 6.75. The Morgan fingerprint density at radius 1 is 1.33 bits per heavy atom. The molecule has 0 heterocycles. The average Bonchev–Trinajstić information content (AvgIpc) is 2.47. The van der Waals surface area contributed by atoms with E-state index in [4.69, 9.17) is 17.3 Å². The maximum atomic E-state index is 12.9. The molecule has 1 rings (SSSR count). The van der Waals surface area contributed by atoms with Gasteiger partial charge >= 0.3 is 0 Å². The van der Waals surface area contributed by atoms with Crippen LogP contribution in [0.25, 0.3) is 0 Å². The summed E-state index contributed by atoms with van der Waals surface area (Å²) in [4.78, 5) is 0.156. The van der Waals surface area contributed by atoms with E-state index in [9.17, 15) is 8.42 Å². The maximum Gasteiger partial charge on any atom is 0.244 e. The van der Waals surface area contributed by atoms with Crippen LogP contribution >= 0.6 is 11.6 Å². The van der Waals surface area contributed by atoms with Crippen molar-refractivity contribution in [3.8, 4) is 0 Å². The first-order valence-electron chi connectivity index (χ1n) is 7.38. The number of hydrogen-bond acceptors (Lipinski definition) is 3. The zero-order valence-corrected chi connectivity index (χ0v) is 14.5. The van der Waals surface area contributed by atoms with Crippen LogP contribution in [0.3, 0.4) is 0 Å². The van der Waals surface area contributed by atoms with Gasteiger partial charge in [0.1, 0.15) is 4.90 Å². The first-order valence-corrected chi connectivity index (χ1v) is 9.20. The molecule has 2 N–H and O–H groups in total. The Labute approximate surface area is 133 Å². The van der Waals surface area contributed by atoms with Crippen molar-refractivity contribution in [1.29, 1.82) is 0 Å². The molecule has 21 heavy (non-hydrogen) atoms. The first-order chi connectivity index (χ1) is 9.88. The van der Waals surface area contributed by atoms with E-state index in [1.807, 2.05) is 20.8 Å². The van der Waals surface area contributed by atoms with E-state index in [1.165, 1.54) is 0 Å². The van der Waals surface area contributed by atoms with E-state index in [0.717, 1.165) is 24.8 Å². The molecule has 0 spiro atoms. The Balaban J connectivity index is 3.27. The highest BCUT2D eigenvalue weighted by atomic mass is 35.5. The van der Waals surface area contributed by atoms with E-state index >= 15 is 0 Å². The molecule has 1 aromatic carbocycles. The molecule has 0 bridgehead atoms. The molecule has 0 saturated carbocycles. The average molecular weight is 333 g/mol. The fourth-order valence-electron chi connectivity index (χ4n) is 2.09. The molecule has 6 heteroatoms. The number of nitrogens with zero attached hydrogens (tertiary/aromatic N) is 1. The number of hydrogen-bond donors (Lipinski definition) is 1. The Morgan fingerprint density at radius 3 is 2.52 bits per heavy atom. The highest BCUT2D eigenvalue weighted by molar-refractivity contribution is 7.89. The first kappa shape index (κ1) is 18.4. The second-order valence-corrected chi connectivity index (χ2v) is 7.46. The van der Waals surface area contributed by atoms with Crippen LogP contribution in [0.15, 0.2) is 23.1 Å². The van der Waals surface area contributed by atoms with Gasteiger partial charge in [-0.25, -0.2) is 8.42 Å². The van der Waals surface area contributed by atoms with Gasteiger partial charge in [0.05, 0.1) is 5.02 Å². The van der Waals surface area contributed by atoms with Gasteiger partial charge in [-0.05, 0) is 37.5 Å². The zero-order chi connectivity index (χ0) is 16.0. The second-order valence-electron chi connectivity index (χ2n) is 5.20. The van der Waals surface area contributed by atoms with Crippen molar-refractivity contribution in [3.05, 3.63) is 28.8 Å². The van der Waals surface area contributed by atoms with Crippen LogP contribution in [0.2, 0.25) is 5.02 Å². The Hall–Kier alpha value is -0.620. The molecule has 0 aromatic heterocycles. The molecule has 0 amide bonds. The summed E-state index contributed by atoms with van der Waals surface area (Å²) in [7, 11) is -3.60. The molecule has 0 fully saturated rings. The number of benzene rings is 1. The van der Waals surface area contributed by atoms with Crippen molar-refractivity contribution < 1.29 is 8.42 Å².